The van der Waals surface area contributed by atoms with Crippen LogP contribution in [0.3, 0.4) is 0 Å². The Morgan fingerprint density at radius 3 is 2.63 bits per heavy atom. The molecule has 1 amide bonds. The Kier molecular flexibility index (Phi) is 5.85. The second-order valence-corrected chi connectivity index (χ2v) is 11.0. The van der Waals surface area contributed by atoms with Crippen LogP contribution in [0.15, 0.2) is 30.3 Å². The molecule has 0 aromatic heterocycles. The summed E-state index contributed by atoms with van der Waals surface area (Å²) < 4.78 is 37.6. The fourth-order valence-electron chi connectivity index (χ4n) is 5.68. The zero-order valence-electron chi connectivity index (χ0n) is 17.9. The third-order valence-electron chi connectivity index (χ3n) is 7.19. The molecule has 1 aliphatic heterocycles. The average molecular weight is 437 g/mol. The molecule has 1 saturated heterocycles. The van der Waals surface area contributed by atoms with Gasteiger partial charge in [-0.2, -0.15) is 0 Å². The predicted octanol–water partition coefficient (Wildman–Crippen LogP) is 2.66. The van der Waals surface area contributed by atoms with Crippen molar-refractivity contribution in [3.05, 3.63) is 35.9 Å². The first-order valence-corrected chi connectivity index (χ1v) is 12.6. The van der Waals surface area contributed by atoms with Crippen LogP contribution in [0.1, 0.15) is 44.6 Å². The highest BCUT2D eigenvalue weighted by Gasteiger charge is 2.57. The fourth-order valence-corrected chi connectivity index (χ4v) is 6.48. The van der Waals surface area contributed by atoms with Gasteiger partial charge in [0.1, 0.15) is 0 Å². The lowest BCUT2D eigenvalue weighted by Crippen LogP contribution is -2.50. The summed E-state index contributed by atoms with van der Waals surface area (Å²) in [4.78, 5) is 13.9. The van der Waals surface area contributed by atoms with Crippen molar-refractivity contribution in [3.8, 4) is 0 Å². The number of fused-ring (bicyclic) bond motifs is 1. The molecule has 0 bridgehead atoms. The van der Waals surface area contributed by atoms with Crippen molar-refractivity contribution < 1.29 is 22.7 Å². The molecule has 3 unspecified atom stereocenters. The van der Waals surface area contributed by atoms with Gasteiger partial charge in [0, 0.05) is 12.1 Å². The molecule has 7 nitrogen and oxygen atoms in total. The summed E-state index contributed by atoms with van der Waals surface area (Å²) in [7, 11) is -2.04. The van der Waals surface area contributed by atoms with Crippen LogP contribution in [-0.2, 0) is 24.9 Å². The number of nitrogens with one attached hydrogen (secondary N) is 1. The Morgan fingerprint density at radius 1 is 1.27 bits per heavy atom. The van der Waals surface area contributed by atoms with Crippen LogP contribution < -0.4 is 4.72 Å². The van der Waals surface area contributed by atoms with E-state index in [-0.39, 0.29) is 24.2 Å². The first-order chi connectivity index (χ1) is 14.2. The number of benzene rings is 1. The van der Waals surface area contributed by atoms with Gasteiger partial charge in [0.15, 0.2) is 0 Å². The highest BCUT2D eigenvalue weighted by atomic mass is 32.2. The van der Waals surface area contributed by atoms with Crippen LogP contribution in [-0.4, -0.2) is 63.6 Å². The van der Waals surface area contributed by atoms with Crippen LogP contribution in [0.2, 0.25) is 0 Å². The Labute approximate surface area is 179 Å². The third-order valence-corrected chi connectivity index (χ3v) is 7.92. The summed E-state index contributed by atoms with van der Waals surface area (Å²) in [5.74, 6) is 0.641. The van der Waals surface area contributed by atoms with E-state index in [0.29, 0.717) is 24.4 Å². The van der Waals surface area contributed by atoms with Crippen molar-refractivity contribution in [2.75, 3.05) is 20.0 Å². The molecule has 4 rings (SSSR count). The summed E-state index contributed by atoms with van der Waals surface area (Å²) >= 11 is 0. The van der Waals surface area contributed by atoms with Gasteiger partial charge in [0.25, 0.3) is 0 Å². The Balaban J connectivity index is 1.39. The number of carbonyl (C=O) groups is 1. The zero-order chi connectivity index (χ0) is 21.5. The molecule has 1 N–H and O–H groups in total. The van der Waals surface area contributed by atoms with Gasteiger partial charge in [-0.25, -0.2) is 17.9 Å². The first kappa shape index (κ1) is 21.6. The van der Waals surface area contributed by atoms with Crippen LogP contribution in [0, 0.1) is 5.92 Å². The number of hydrogen-bond donors (Lipinski definition) is 1. The first-order valence-electron chi connectivity index (χ1n) is 10.7. The van der Waals surface area contributed by atoms with Crippen molar-refractivity contribution in [2.45, 2.75) is 68.7 Å². The summed E-state index contributed by atoms with van der Waals surface area (Å²) in [6, 6.07) is 9.88. The average Bonchev–Trinajstić information content (AvgIpc) is 3.37. The number of carbonyl (C=O) groups excluding carboxylic acids is 1. The standard InChI is InChI=1S/C22H32N2O5S/c1-15-11-19(23-30(3,26)27)20(24(15)21(25)28-2)14-29-18-9-10-22(13-17(22)12-18)16-7-5-4-6-8-16/h4-8,15,17-20,23H,9-14H2,1-3H3/t15-,17?,18?,19+,20+,22?/m1/s1. The molecule has 2 saturated carbocycles. The van der Waals surface area contributed by atoms with Gasteiger partial charge in [-0.1, -0.05) is 30.3 Å². The number of rotatable bonds is 6. The number of hydrogen-bond acceptors (Lipinski definition) is 5. The second-order valence-electron chi connectivity index (χ2n) is 9.18. The van der Waals surface area contributed by atoms with Crippen molar-refractivity contribution in [2.24, 2.45) is 5.92 Å². The van der Waals surface area contributed by atoms with Crippen molar-refractivity contribution >= 4 is 16.1 Å². The molecule has 166 valence electrons. The topological polar surface area (TPSA) is 84.9 Å². The maximum absolute atomic E-state index is 12.3. The highest BCUT2D eigenvalue weighted by molar-refractivity contribution is 7.88. The Hall–Kier alpha value is -1.64. The minimum atomic E-state index is -3.39. The van der Waals surface area contributed by atoms with Crippen LogP contribution in [0.25, 0.3) is 0 Å². The van der Waals surface area contributed by atoms with Gasteiger partial charge in [0.2, 0.25) is 10.0 Å². The molecule has 30 heavy (non-hydrogen) atoms. The lowest BCUT2D eigenvalue weighted by atomic mass is 9.81. The van der Waals surface area contributed by atoms with Gasteiger partial charge in [-0.3, -0.25) is 4.90 Å². The number of methoxy groups -OCH3 is 1. The second kappa shape index (κ2) is 8.13. The normalized spacial score (nSPS) is 35.7. The molecule has 1 aromatic rings. The molecule has 6 atom stereocenters. The zero-order valence-corrected chi connectivity index (χ0v) is 18.7. The molecule has 2 aliphatic carbocycles. The molecule has 0 radical (unpaired) electrons. The summed E-state index contributed by atoms with van der Waals surface area (Å²) in [5.41, 5.74) is 1.76. The van der Waals surface area contributed by atoms with Crippen molar-refractivity contribution in [3.63, 3.8) is 0 Å². The quantitative estimate of drug-likeness (QED) is 0.741. The van der Waals surface area contributed by atoms with E-state index in [0.717, 1.165) is 25.5 Å². The van der Waals surface area contributed by atoms with Gasteiger partial charge in [-0.15, -0.1) is 0 Å². The van der Waals surface area contributed by atoms with E-state index in [9.17, 15) is 13.2 Å². The fraction of sp³-hybridized carbons (Fsp3) is 0.682. The van der Waals surface area contributed by atoms with E-state index in [1.54, 1.807) is 4.90 Å². The van der Waals surface area contributed by atoms with Crippen molar-refractivity contribution in [1.82, 2.24) is 9.62 Å². The summed E-state index contributed by atoms with van der Waals surface area (Å²) in [6.07, 6.45) is 5.71. The SMILES string of the molecule is COC(=O)N1[C@H](C)C[C@H](NS(C)(=O)=O)[C@@H]1COC1CCC2(c3ccccc3)CC2C1. The number of sulfonamides is 1. The molecular formula is C22H32N2O5S. The van der Waals surface area contributed by atoms with Crippen LogP contribution in [0.5, 0.6) is 0 Å². The number of amides is 1. The van der Waals surface area contributed by atoms with E-state index >= 15 is 0 Å². The highest BCUT2D eigenvalue weighted by Crippen LogP contribution is 2.62. The van der Waals surface area contributed by atoms with Crippen molar-refractivity contribution in [1.29, 1.82) is 0 Å². The Morgan fingerprint density at radius 2 is 2.00 bits per heavy atom. The van der Waals surface area contributed by atoms with Gasteiger partial charge >= 0.3 is 6.09 Å². The maximum Gasteiger partial charge on any atom is 0.410 e. The minimum Gasteiger partial charge on any atom is -0.453 e. The molecule has 3 fully saturated rings. The molecule has 3 aliphatic rings. The maximum atomic E-state index is 12.3. The number of ether oxygens (including phenoxy) is 2. The molecule has 1 aromatic carbocycles. The van der Waals surface area contributed by atoms with Gasteiger partial charge in [0.05, 0.1) is 32.1 Å². The summed E-state index contributed by atoms with van der Waals surface area (Å²) in [6.45, 7) is 2.22. The minimum absolute atomic E-state index is 0.120. The van der Waals surface area contributed by atoms with Crippen LogP contribution >= 0.6 is 0 Å². The molecule has 8 heteroatoms. The van der Waals surface area contributed by atoms with E-state index in [4.69, 9.17) is 9.47 Å². The van der Waals surface area contributed by atoms with Gasteiger partial charge in [-0.05, 0) is 55.9 Å². The largest absolute Gasteiger partial charge is 0.453 e. The summed E-state index contributed by atoms with van der Waals surface area (Å²) in [5, 5.41) is 0. The molecule has 0 spiro atoms. The monoisotopic (exact) mass is 436 g/mol. The molecule has 1 heterocycles. The lowest BCUT2D eigenvalue weighted by Gasteiger charge is -2.33. The number of nitrogens with zero attached hydrogens (tertiary/aromatic N) is 1. The van der Waals surface area contributed by atoms with E-state index < -0.39 is 16.1 Å². The number of likely N-dealkylation sites (tertiary alicyclic amines) is 1. The third kappa shape index (κ3) is 4.22. The molecular weight excluding hydrogens is 404 g/mol. The van der Waals surface area contributed by atoms with Gasteiger partial charge < -0.3 is 9.47 Å². The van der Waals surface area contributed by atoms with E-state index in [2.05, 4.69) is 35.1 Å². The smallest absolute Gasteiger partial charge is 0.410 e. The predicted molar refractivity (Wildman–Crippen MR) is 114 cm³/mol. The van der Waals surface area contributed by atoms with E-state index in [1.807, 2.05) is 6.92 Å². The van der Waals surface area contributed by atoms with E-state index in [1.165, 1.54) is 19.1 Å². The van der Waals surface area contributed by atoms with Crippen LogP contribution in [0.4, 0.5) is 4.79 Å². The Bertz CT molecular complexity index is 877. The lowest BCUT2D eigenvalue weighted by molar-refractivity contribution is -0.00992.